The fourth-order valence-corrected chi connectivity index (χ4v) is 2.51. The molecule has 4 amide bonds. The minimum atomic E-state index is -0.338. The molecule has 0 aliphatic rings. The number of nitrogens with one attached hydrogen (secondary N) is 4. The first-order chi connectivity index (χ1) is 11.6. The molecule has 2 aromatic rings. The molecule has 0 atom stereocenters. The molecule has 126 valence electrons. The fraction of sp³-hybridized carbons (Fsp3) is 0.188. The van der Waals surface area contributed by atoms with Crippen molar-refractivity contribution in [3.8, 4) is 0 Å². The van der Waals surface area contributed by atoms with E-state index in [0.29, 0.717) is 16.9 Å². The Kier molecular flexibility index (Phi) is 6.32. The molecule has 0 saturated carbocycles. The first-order valence-corrected chi connectivity index (χ1v) is 8.22. The molecule has 1 aromatic heterocycles. The Morgan fingerprint density at radius 1 is 1.08 bits per heavy atom. The van der Waals surface area contributed by atoms with Crippen molar-refractivity contribution < 1.29 is 14.4 Å². The first kappa shape index (κ1) is 17.5. The lowest BCUT2D eigenvalue weighted by Gasteiger charge is -2.09. The molecule has 0 unspecified atom stereocenters. The van der Waals surface area contributed by atoms with Gasteiger partial charge in [0.2, 0.25) is 5.91 Å². The Labute approximate surface area is 143 Å². The van der Waals surface area contributed by atoms with Crippen molar-refractivity contribution in [2.75, 3.05) is 24.2 Å². The molecule has 4 N–H and O–H groups in total. The molecule has 0 bridgehead atoms. The summed E-state index contributed by atoms with van der Waals surface area (Å²) in [7, 11) is 1.52. The largest absolute Gasteiger partial charge is 0.351 e. The summed E-state index contributed by atoms with van der Waals surface area (Å²) in [4.78, 5) is 34.9. The maximum atomic E-state index is 11.9. The van der Waals surface area contributed by atoms with Gasteiger partial charge in [0.25, 0.3) is 5.91 Å². The van der Waals surface area contributed by atoms with Gasteiger partial charge in [0.15, 0.2) is 0 Å². The molecule has 0 fully saturated rings. The molecule has 0 aliphatic heterocycles. The average molecular weight is 346 g/mol. The number of carbonyl (C=O) groups is 3. The molecule has 7 nitrogen and oxygen atoms in total. The number of anilines is 2. The van der Waals surface area contributed by atoms with E-state index in [9.17, 15) is 14.4 Å². The van der Waals surface area contributed by atoms with Crippen molar-refractivity contribution in [2.45, 2.75) is 6.42 Å². The summed E-state index contributed by atoms with van der Waals surface area (Å²) >= 11 is 1.44. The highest BCUT2D eigenvalue weighted by atomic mass is 32.1. The van der Waals surface area contributed by atoms with E-state index >= 15 is 0 Å². The molecule has 2 rings (SSSR count). The summed E-state index contributed by atoms with van der Waals surface area (Å²) in [6.07, 6.45) is 0.156. The lowest BCUT2D eigenvalue weighted by atomic mass is 10.2. The Bertz CT molecular complexity index is 716. The molecule has 0 aliphatic carbocycles. The number of rotatable bonds is 6. The number of benzene rings is 1. The summed E-state index contributed by atoms with van der Waals surface area (Å²) in [5, 5.41) is 14.1. The number of carbonyl (C=O) groups excluding carboxylic acids is 3. The van der Waals surface area contributed by atoms with Gasteiger partial charge in [-0.1, -0.05) is 6.07 Å². The molecule has 0 saturated heterocycles. The second-order valence-electron chi connectivity index (χ2n) is 4.85. The molecule has 0 radical (unpaired) electrons. The maximum absolute atomic E-state index is 11.9. The zero-order valence-electron chi connectivity index (χ0n) is 13.1. The van der Waals surface area contributed by atoms with Gasteiger partial charge in [0.1, 0.15) is 0 Å². The van der Waals surface area contributed by atoms with Gasteiger partial charge >= 0.3 is 6.03 Å². The van der Waals surface area contributed by atoms with Gasteiger partial charge in [0.05, 0.1) is 0 Å². The SMILES string of the molecule is CNC(=O)Nc1cccc(NC(=O)CCNC(=O)c2ccsc2)c1. The van der Waals surface area contributed by atoms with Crippen LogP contribution in [0.1, 0.15) is 16.8 Å². The molecule has 1 aromatic carbocycles. The van der Waals surface area contributed by atoms with Crippen molar-refractivity contribution in [1.82, 2.24) is 10.6 Å². The van der Waals surface area contributed by atoms with Crippen molar-refractivity contribution in [1.29, 1.82) is 0 Å². The Morgan fingerprint density at radius 3 is 2.50 bits per heavy atom. The number of amides is 4. The van der Waals surface area contributed by atoms with E-state index < -0.39 is 0 Å². The number of urea groups is 1. The van der Waals surface area contributed by atoms with Crippen LogP contribution in [0.5, 0.6) is 0 Å². The second-order valence-corrected chi connectivity index (χ2v) is 5.63. The normalized spacial score (nSPS) is 9.88. The smallest absolute Gasteiger partial charge is 0.318 e. The lowest BCUT2D eigenvalue weighted by molar-refractivity contribution is -0.116. The Morgan fingerprint density at radius 2 is 1.83 bits per heavy atom. The second kappa shape index (κ2) is 8.68. The molecular formula is C16H18N4O3S. The van der Waals surface area contributed by atoms with Crippen LogP contribution in [-0.4, -0.2) is 31.4 Å². The van der Waals surface area contributed by atoms with Crippen LogP contribution in [-0.2, 0) is 4.79 Å². The van der Waals surface area contributed by atoms with Crippen molar-refractivity contribution in [3.05, 3.63) is 46.7 Å². The summed E-state index contributed by atoms with van der Waals surface area (Å²) in [5.74, 6) is -0.418. The zero-order chi connectivity index (χ0) is 17.4. The van der Waals surface area contributed by atoms with Crippen molar-refractivity contribution in [2.24, 2.45) is 0 Å². The van der Waals surface area contributed by atoms with Gasteiger partial charge in [0, 0.05) is 42.3 Å². The van der Waals surface area contributed by atoms with Gasteiger partial charge in [-0.15, -0.1) is 0 Å². The van der Waals surface area contributed by atoms with Crippen LogP contribution in [0.3, 0.4) is 0 Å². The van der Waals surface area contributed by atoms with Gasteiger partial charge < -0.3 is 21.3 Å². The van der Waals surface area contributed by atoms with Crippen LogP contribution in [0.25, 0.3) is 0 Å². The van der Waals surface area contributed by atoms with Crippen LogP contribution in [0.4, 0.5) is 16.2 Å². The van der Waals surface area contributed by atoms with Crippen LogP contribution < -0.4 is 21.3 Å². The Balaban J connectivity index is 1.78. The number of thiophene rings is 1. The first-order valence-electron chi connectivity index (χ1n) is 7.27. The summed E-state index contributed by atoms with van der Waals surface area (Å²) < 4.78 is 0. The standard InChI is InChI=1S/C16H18N4O3S/c1-17-16(23)20-13-4-2-3-12(9-13)19-14(21)5-7-18-15(22)11-6-8-24-10-11/h2-4,6,8-10H,5,7H2,1H3,(H,18,22)(H,19,21)(H2,17,20,23). The Hall–Kier alpha value is -2.87. The predicted octanol–water partition coefficient (Wildman–Crippen LogP) is 2.26. The van der Waals surface area contributed by atoms with E-state index in [1.54, 1.807) is 35.7 Å². The number of hydrogen-bond donors (Lipinski definition) is 4. The van der Waals surface area contributed by atoms with E-state index in [0.717, 1.165) is 0 Å². The third-order valence-corrected chi connectivity index (χ3v) is 3.74. The quantitative estimate of drug-likeness (QED) is 0.645. The van der Waals surface area contributed by atoms with E-state index in [-0.39, 0.29) is 30.8 Å². The van der Waals surface area contributed by atoms with Crippen molar-refractivity contribution >= 4 is 40.6 Å². The van der Waals surface area contributed by atoms with E-state index in [2.05, 4.69) is 21.3 Å². The molecule has 0 spiro atoms. The monoisotopic (exact) mass is 346 g/mol. The van der Waals surface area contributed by atoms with Crippen LogP contribution in [0.15, 0.2) is 41.1 Å². The van der Waals surface area contributed by atoms with E-state index in [1.165, 1.54) is 18.4 Å². The highest BCUT2D eigenvalue weighted by Gasteiger charge is 2.07. The molecule has 24 heavy (non-hydrogen) atoms. The van der Waals surface area contributed by atoms with E-state index in [4.69, 9.17) is 0 Å². The average Bonchev–Trinajstić information content (AvgIpc) is 3.09. The summed E-state index contributed by atoms with van der Waals surface area (Å²) in [6, 6.07) is 8.19. The summed E-state index contributed by atoms with van der Waals surface area (Å²) in [5.41, 5.74) is 1.73. The molecular weight excluding hydrogens is 328 g/mol. The molecule has 1 heterocycles. The van der Waals surface area contributed by atoms with Crippen molar-refractivity contribution in [3.63, 3.8) is 0 Å². The minimum absolute atomic E-state index is 0.156. The third-order valence-electron chi connectivity index (χ3n) is 3.05. The topological polar surface area (TPSA) is 99.3 Å². The minimum Gasteiger partial charge on any atom is -0.351 e. The summed E-state index contributed by atoms with van der Waals surface area (Å²) in [6.45, 7) is 0.247. The maximum Gasteiger partial charge on any atom is 0.318 e. The van der Waals surface area contributed by atoms with Crippen LogP contribution in [0.2, 0.25) is 0 Å². The highest BCUT2D eigenvalue weighted by molar-refractivity contribution is 7.08. The molecule has 8 heteroatoms. The zero-order valence-corrected chi connectivity index (χ0v) is 13.9. The number of hydrogen-bond acceptors (Lipinski definition) is 4. The van der Waals surface area contributed by atoms with Gasteiger partial charge in [-0.05, 0) is 29.6 Å². The highest BCUT2D eigenvalue weighted by Crippen LogP contribution is 2.15. The van der Waals surface area contributed by atoms with Gasteiger partial charge in [-0.25, -0.2) is 4.79 Å². The predicted molar refractivity (Wildman–Crippen MR) is 94.4 cm³/mol. The third kappa shape index (κ3) is 5.40. The van der Waals surface area contributed by atoms with E-state index in [1.807, 2.05) is 5.38 Å². The van der Waals surface area contributed by atoms with Gasteiger partial charge in [-0.2, -0.15) is 11.3 Å². The lowest BCUT2D eigenvalue weighted by Crippen LogP contribution is -2.27. The van der Waals surface area contributed by atoms with Gasteiger partial charge in [-0.3, -0.25) is 9.59 Å². The van der Waals surface area contributed by atoms with Crippen LogP contribution in [0, 0.1) is 0 Å². The van der Waals surface area contributed by atoms with Crippen LogP contribution >= 0.6 is 11.3 Å². The fourth-order valence-electron chi connectivity index (χ4n) is 1.88.